The number of carbonyl (C=O) groups excluding carboxylic acids is 1. The molecule has 1 aromatic heterocycles. The summed E-state index contributed by atoms with van der Waals surface area (Å²) in [6.45, 7) is 1.60. The van der Waals surface area contributed by atoms with Crippen molar-refractivity contribution in [3.8, 4) is 0 Å². The summed E-state index contributed by atoms with van der Waals surface area (Å²) in [6, 6.07) is 11.1. The van der Waals surface area contributed by atoms with E-state index >= 15 is 0 Å². The summed E-state index contributed by atoms with van der Waals surface area (Å²) in [5.41, 5.74) is 1.42. The lowest BCUT2D eigenvalue weighted by Crippen LogP contribution is -2.28. The maximum atomic E-state index is 11.8. The van der Waals surface area contributed by atoms with Crippen LogP contribution in [0.4, 0.5) is 5.82 Å². The molecule has 0 atom stereocenters. The van der Waals surface area contributed by atoms with Gasteiger partial charge in [0, 0.05) is 25.2 Å². The van der Waals surface area contributed by atoms with Crippen molar-refractivity contribution < 1.29 is 9.53 Å². The predicted molar refractivity (Wildman–Crippen MR) is 89.9 cm³/mol. The van der Waals surface area contributed by atoms with E-state index in [4.69, 9.17) is 16.3 Å². The third-order valence-corrected chi connectivity index (χ3v) is 3.33. The van der Waals surface area contributed by atoms with Gasteiger partial charge >= 0.3 is 0 Å². The molecule has 0 aliphatic rings. The van der Waals surface area contributed by atoms with Gasteiger partial charge in [-0.25, -0.2) is 0 Å². The van der Waals surface area contributed by atoms with Crippen LogP contribution >= 0.6 is 11.6 Å². The van der Waals surface area contributed by atoms with Crippen LogP contribution < -0.4 is 10.6 Å². The van der Waals surface area contributed by atoms with Crippen LogP contribution in [0.1, 0.15) is 16.1 Å². The van der Waals surface area contributed by atoms with Crippen LogP contribution in [0.5, 0.6) is 0 Å². The summed E-state index contributed by atoms with van der Waals surface area (Å²) in [4.78, 5) is 11.8. The van der Waals surface area contributed by atoms with E-state index in [1.165, 1.54) is 0 Å². The van der Waals surface area contributed by atoms with Crippen LogP contribution in [-0.4, -0.2) is 42.9 Å². The first-order valence-corrected chi connectivity index (χ1v) is 7.66. The molecule has 2 rings (SSSR count). The number of methoxy groups -OCH3 is 1. The molecule has 0 bridgehead atoms. The summed E-state index contributed by atoms with van der Waals surface area (Å²) >= 11 is 5.94. The lowest BCUT2D eigenvalue weighted by atomic mass is 10.1. The molecule has 122 valence electrons. The first-order valence-electron chi connectivity index (χ1n) is 7.28. The average Bonchev–Trinajstić information content (AvgIpc) is 2.56. The fraction of sp³-hybridized carbons (Fsp3) is 0.312. The smallest absolute Gasteiger partial charge is 0.271 e. The molecule has 1 heterocycles. The van der Waals surface area contributed by atoms with Gasteiger partial charge in [-0.1, -0.05) is 23.7 Å². The Morgan fingerprint density at radius 2 is 2.09 bits per heavy atom. The number of ether oxygens (including phenoxy) is 1. The summed E-state index contributed by atoms with van der Waals surface area (Å²) in [7, 11) is 1.58. The van der Waals surface area contributed by atoms with E-state index in [0.29, 0.717) is 25.5 Å². The number of amides is 1. The number of carbonyl (C=O) groups is 1. The van der Waals surface area contributed by atoms with E-state index in [9.17, 15) is 4.79 Å². The summed E-state index contributed by atoms with van der Waals surface area (Å²) in [5.74, 6) is 0.362. The summed E-state index contributed by atoms with van der Waals surface area (Å²) in [5, 5.41) is 14.5. The second-order valence-electron chi connectivity index (χ2n) is 4.86. The number of nitrogens with zero attached hydrogens (tertiary/aromatic N) is 2. The zero-order chi connectivity index (χ0) is 16.5. The van der Waals surface area contributed by atoms with Crippen molar-refractivity contribution in [2.45, 2.75) is 6.42 Å². The third-order valence-electron chi connectivity index (χ3n) is 3.10. The van der Waals surface area contributed by atoms with Gasteiger partial charge in [0.2, 0.25) is 0 Å². The quantitative estimate of drug-likeness (QED) is 0.723. The first-order chi connectivity index (χ1) is 11.2. The van der Waals surface area contributed by atoms with Gasteiger partial charge in [-0.2, -0.15) is 0 Å². The lowest BCUT2D eigenvalue weighted by Gasteiger charge is -2.07. The highest BCUT2D eigenvalue weighted by Crippen LogP contribution is 2.11. The second kappa shape index (κ2) is 9.07. The van der Waals surface area contributed by atoms with Gasteiger partial charge < -0.3 is 15.4 Å². The molecular weight excluding hydrogens is 316 g/mol. The molecule has 0 saturated carbocycles. The Bertz CT molecular complexity index is 634. The van der Waals surface area contributed by atoms with E-state index in [2.05, 4.69) is 20.8 Å². The van der Waals surface area contributed by atoms with Crippen LogP contribution in [0.25, 0.3) is 0 Å². The number of hydrogen-bond acceptors (Lipinski definition) is 5. The van der Waals surface area contributed by atoms with Crippen molar-refractivity contribution in [3.63, 3.8) is 0 Å². The standard InChI is InChI=1S/C16H19ClN4O2/c1-23-10-9-19-16(22)14-5-6-15(21-20-14)18-8-7-12-3-2-4-13(17)11-12/h2-6,11H,7-10H2,1H3,(H,18,21)(H,19,22). The normalized spacial score (nSPS) is 10.3. The Labute approximate surface area is 140 Å². The van der Waals surface area contributed by atoms with Gasteiger partial charge in [-0.15, -0.1) is 10.2 Å². The molecule has 0 spiro atoms. The highest BCUT2D eigenvalue weighted by Gasteiger charge is 2.07. The lowest BCUT2D eigenvalue weighted by molar-refractivity contribution is 0.0931. The highest BCUT2D eigenvalue weighted by atomic mass is 35.5. The number of anilines is 1. The maximum absolute atomic E-state index is 11.8. The van der Waals surface area contributed by atoms with Crippen molar-refractivity contribution in [2.24, 2.45) is 0 Å². The summed E-state index contributed by atoms with van der Waals surface area (Å²) < 4.78 is 4.87. The van der Waals surface area contributed by atoms with Crippen LogP contribution in [0, 0.1) is 0 Å². The van der Waals surface area contributed by atoms with E-state index in [0.717, 1.165) is 17.0 Å². The Kier molecular flexibility index (Phi) is 6.77. The minimum Gasteiger partial charge on any atom is -0.383 e. The predicted octanol–water partition coefficient (Wildman–Crippen LogP) is 2.16. The molecule has 0 fully saturated rings. The van der Waals surface area contributed by atoms with Gasteiger partial charge in [0.05, 0.1) is 6.61 Å². The Morgan fingerprint density at radius 3 is 2.78 bits per heavy atom. The van der Waals surface area contributed by atoms with Gasteiger partial charge in [-0.05, 0) is 36.2 Å². The first kappa shape index (κ1) is 17.2. The fourth-order valence-corrected chi connectivity index (χ4v) is 2.15. The molecular formula is C16H19ClN4O2. The number of aromatic nitrogens is 2. The zero-order valence-corrected chi connectivity index (χ0v) is 13.6. The van der Waals surface area contributed by atoms with Gasteiger partial charge in [0.1, 0.15) is 5.82 Å². The van der Waals surface area contributed by atoms with Gasteiger partial charge in [0.25, 0.3) is 5.91 Å². The van der Waals surface area contributed by atoms with Crippen molar-refractivity contribution >= 4 is 23.3 Å². The molecule has 6 nitrogen and oxygen atoms in total. The molecule has 0 aliphatic heterocycles. The Morgan fingerprint density at radius 1 is 1.22 bits per heavy atom. The number of nitrogens with one attached hydrogen (secondary N) is 2. The van der Waals surface area contributed by atoms with E-state index < -0.39 is 0 Å². The third kappa shape index (κ3) is 5.84. The van der Waals surface area contributed by atoms with E-state index in [1.54, 1.807) is 19.2 Å². The van der Waals surface area contributed by atoms with Crippen molar-refractivity contribution in [2.75, 3.05) is 32.1 Å². The van der Waals surface area contributed by atoms with Crippen molar-refractivity contribution in [1.29, 1.82) is 0 Å². The topological polar surface area (TPSA) is 76.1 Å². The monoisotopic (exact) mass is 334 g/mol. The number of hydrogen-bond donors (Lipinski definition) is 2. The minimum atomic E-state index is -0.264. The van der Waals surface area contributed by atoms with Gasteiger partial charge in [0.15, 0.2) is 5.69 Å². The molecule has 1 amide bonds. The zero-order valence-electron chi connectivity index (χ0n) is 12.9. The molecule has 1 aromatic carbocycles. The van der Waals surface area contributed by atoms with E-state index in [1.807, 2.05) is 24.3 Å². The molecule has 23 heavy (non-hydrogen) atoms. The highest BCUT2D eigenvalue weighted by molar-refractivity contribution is 6.30. The summed E-state index contributed by atoms with van der Waals surface area (Å²) in [6.07, 6.45) is 0.821. The molecule has 0 saturated heterocycles. The Hall–Kier alpha value is -2.18. The molecule has 0 aliphatic carbocycles. The number of halogens is 1. The van der Waals surface area contributed by atoms with E-state index in [-0.39, 0.29) is 11.6 Å². The molecule has 0 radical (unpaired) electrons. The number of benzene rings is 1. The van der Waals surface area contributed by atoms with Gasteiger partial charge in [-0.3, -0.25) is 4.79 Å². The molecule has 2 N–H and O–H groups in total. The molecule has 2 aromatic rings. The number of rotatable bonds is 8. The van der Waals surface area contributed by atoms with Crippen LogP contribution in [0.2, 0.25) is 5.02 Å². The average molecular weight is 335 g/mol. The molecule has 0 unspecified atom stereocenters. The van der Waals surface area contributed by atoms with Crippen LogP contribution in [0.3, 0.4) is 0 Å². The minimum absolute atomic E-state index is 0.264. The maximum Gasteiger partial charge on any atom is 0.271 e. The Balaban J connectivity index is 1.79. The second-order valence-corrected chi connectivity index (χ2v) is 5.30. The van der Waals surface area contributed by atoms with Crippen molar-refractivity contribution in [1.82, 2.24) is 15.5 Å². The van der Waals surface area contributed by atoms with Crippen LogP contribution in [0.15, 0.2) is 36.4 Å². The van der Waals surface area contributed by atoms with Crippen molar-refractivity contribution in [3.05, 3.63) is 52.7 Å². The fourth-order valence-electron chi connectivity index (χ4n) is 1.93. The SMILES string of the molecule is COCCNC(=O)c1ccc(NCCc2cccc(Cl)c2)nn1. The largest absolute Gasteiger partial charge is 0.383 e. The molecule has 7 heteroatoms. The van der Waals surface area contributed by atoms with Crippen LogP contribution in [-0.2, 0) is 11.2 Å².